The Morgan fingerprint density at radius 2 is 0.605 bits per heavy atom. The van der Waals surface area contributed by atoms with Crippen LogP contribution in [0.3, 0.4) is 0 Å². The van der Waals surface area contributed by atoms with Gasteiger partial charge in [-0.1, -0.05) is 121 Å². The molecule has 8 rings (SSSR count). The smallest absolute Gasteiger partial charge is 0.00926 e. The van der Waals surface area contributed by atoms with E-state index in [0.29, 0.717) is 0 Å². The molecule has 0 aromatic heterocycles. The van der Waals surface area contributed by atoms with E-state index in [0.717, 1.165) is 0 Å². The normalized spacial score (nSPS) is 11.7. The molecule has 0 unspecified atom stereocenters. The lowest BCUT2D eigenvalue weighted by Crippen LogP contribution is -1.90. The van der Waals surface area contributed by atoms with Crippen LogP contribution in [-0.4, -0.2) is 0 Å². The molecule has 0 aliphatic heterocycles. The SMILES string of the molecule is c1ccc2c(-c3cc4ccccc4c4ccccc34)cc(-c3cc4ccccc4c4ccccc34)cc2c1. The predicted molar refractivity (Wildman–Crippen MR) is 165 cm³/mol. The molecule has 0 amide bonds. The molecular formula is C38H24. The summed E-state index contributed by atoms with van der Waals surface area (Å²) in [5.41, 5.74) is 5.08. The van der Waals surface area contributed by atoms with Gasteiger partial charge < -0.3 is 0 Å². The molecule has 38 heavy (non-hydrogen) atoms. The molecule has 0 radical (unpaired) electrons. The second-order valence-electron chi connectivity index (χ2n) is 10.1. The second kappa shape index (κ2) is 8.30. The van der Waals surface area contributed by atoms with E-state index in [1.807, 2.05) is 0 Å². The van der Waals surface area contributed by atoms with Gasteiger partial charge in [0.1, 0.15) is 0 Å². The van der Waals surface area contributed by atoms with Crippen LogP contribution < -0.4 is 0 Å². The van der Waals surface area contributed by atoms with Crippen LogP contribution in [0.2, 0.25) is 0 Å². The van der Waals surface area contributed by atoms with E-state index in [-0.39, 0.29) is 0 Å². The minimum atomic E-state index is 1.25. The van der Waals surface area contributed by atoms with Gasteiger partial charge in [0.05, 0.1) is 0 Å². The third-order valence-electron chi connectivity index (χ3n) is 8.00. The van der Waals surface area contributed by atoms with Crippen LogP contribution >= 0.6 is 0 Å². The fourth-order valence-corrected chi connectivity index (χ4v) is 6.26. The number of rotatable bonds is 2. The summed E-state index contributed by atoms with van der Waals surface area (Å²) in [7, 11) is 0. The lowest BCUT2D eigenvalue weighted by molar-refractivity contribution is 1.67. The van der Waals surface area contributed by atoms with Crippen molar-refractivity contribution >= 4 is 53.9 Å². The molecule has 0 atom stereocenters. The van der Waals surface area contributed by atoms with E-state index >= 15 is 0 Å². The molecule has 0 nitrogen and oxygen atoms in total. The first kappa shape index (κ1) is 21.2. The number of benzene rings is 8. The second-order valence-corrected chi connectivity index (χ2v) is 10.1. The maximum absolute atomic E-state index is 2.41. The Balaban J connectivity index is 1.51. The molecule has 0 heterocycles. The molecule has 0 fully saturated rings. The van der Waals surface area contributed by atoms with E-state index < -0.39 is 0 Å². The quantitative estimate of drug-likeness (QED) is 0.216. The Kier molecular flexibility index (Phi) is 4.62. The van der Waals surface area contributed by atoms with Crippen molar-refractivity contribution in [2.24, 2.45) is 0 Å². The Morgan fingerprint density at radius 1 is 0.237 bits per heavy atom. The van der Waals surface area contributed by atoms with Gasteiger partial charge >= 0.3 is 0 Å². The molecule has 8 aromatic carbocycles. The molecule has 0 saturated heterocycles. The van der Waals surface area contributed by atoms with Crippen molar-refractivity contribution in [3.05, 3.63) is 146 Å². The molecular weight excluding hydrogens is 456 g/mol. The maximum Gasteiger partial charge on any atom is -0.00926 e. The molecule has 0 bridgehead atoms. The highest BCUT2D eigenvalue weighted by molar-refractivity contribution is 6.18. The predicted octanol–water partition coefficient (Wildman–Crippen LogP) is 10.8. The monoisotopic (exact) mass is 480 g/mol. The molecule has 176 valence electrons. The van der Waals surface area contributed by atoms with Crippen molar-refractivity contribution in [2.75, 3.05) is 0 Å². The third-order valence-corrected chi connectivity index (χ3v) is 8.00. The van der Waals surface area contributed by atoms with Crippen molar-refractivity contribution in [1.82, 2.24) is 0 Å². The fraction of sp³-hybridized carbons (Fsp3) is 0. The Labute approximate surface area is 221 Å². The van der Waals surface area contributed by atoms with Crippen LogP contribution in [0.15, 0.2) is 146 Å². The highest BCUT2D eigenvalue weighted by atomic mass is 14.2. The zero-order valence-corrected chi connectivity index (χ0v) is 20.9. The van der Waals surface area contributed by atoms with Crippen molar-refractivity contribution in [2.45, 2.75) is 0 Å². The topological polar surface area (TPSA) is 0 Å². The molecule has 0 N–H and O–H groups in total. The maximum atomic E-state index is 2.41. The van der Waals surface area contributed by atoms with Gasteiger partial charge in [-0.25, -0.2) is 0 Å². The van der Waals surface area contributed by atoms with Crippen LogP contribution in [0.1, 0.15) is 0 Å². The van der Waals surface area contributed by atoms with Crippen LogP contribution in [-0.2, 0) is 0 Å². The summed E-state index contributed by atoms with van der Waals surface area (Å²) in [6.07, 6.45) is 0. The summed E-state index contributed by atoms with van der Waals surface area (Å²) >= 11 is 0. The van der Waals surface area contributed by atoms with E-state index in [2.05, 4.69) is 146 Å². The molecule has 0 aliphatic rings. The van der Waals surface area contributed by atoms with Gasteiger partial charge in [-0.2, -0.15) is 0 Å². The summed E-state index contributed by atoms with van der Waals surface area (Å²) in [5, 5.41) is 12.8. The van der Waals surface area contributed by atoms with Crippen molar-refractivity contribution in [3.8, 4) is 22.3 Å². The minimum absolute atomic E-state index is 1.25. The molecule has 0 spiro atoms. The van der Waals surface area contributed by atoms with Crippen molar-refractivity contribution in [3.63, 3.8) is 0 Å². The first-order valence-corrected chi connectivity index (χ1v) is 13.2. The molecule has 0 heteroatoms. The summed E-state index contributed by atoms with van der Waals surface area (Å²) < 4.78 is 0. The van der Waals surface area contributed by atoms with Gasteiger partial charge in [0.25, 0.3) is 0 Å². The largest absolute Gasteiger partial charge is 0.0616 e. The summed E-state index contributed by atoms with van der Waals surface area (Å²) in [4.78, 5) is 0. The van der Waals surface area contributed by atoms with Crippen LogP contribution in [0.4, 0.5) is 0 Å². The minimum Gasteiger partial charge on any atom is -0.0616 e. The van der Waals surface area contributed by atoms with Crippen LogP contribution in [0, 0.1) is 0 Å². The Hall–Kier alpha value is -4.94. The Bertz CT molecular complexity index is 2180. The van der Waals surface area contributed by atoms with Crippen LogP contribution in [0.25, 0.3) is 76.1 Å². The highest BCUT2D eigenvalue weighted by Gasteiger charge is 2.15. The van der Waals surface area contributed by atoms with Gasteiger partial charge in [0, 0.05) is 0 Å². The first-order chi connectivity index (χ1) is 18.8. The summed E-state index contributed by atoms with van der Waals surface area (Å²) in [6.45, 7) is 0. The fourth-order valence-electron chi connectivity index (χ4n) is 6.26. The molecule has 0 saturated carbocycles. The highest BCUT2D eigenvalue weighted by Crippen LogP contribution is 2.42. The van der Waals surface area contributed by atoms with Gasteiger partial charge in [-0.3, -0.25) is 0 Å². The van der Waals surface area contributed by atoms with Crippen molar-refractivity contribution in [1.29, 1.82) is 0 Å². The van der Waals surface area contributed by atoms with E-state index in [9.17, 15) is 0 Å². The molecule has 0 aliphatic carbocycles. The zero-order valence-electron chi connectivity index (χ0n) is 20.9. The van der Waals surface area contributed by atoms with E-state index in [4.69, 9.17) is 0 Å². The van der Waals surface area contributed by atoms with E-state index in [1.54, 1.807) is 0 Å². The average molecular weight is 481 g/mol. The van der Waals surface area contributed by atoms with Crippen LogP contribution in [0.5, 0.6) is 0 Å². The first-order valence-electron chi connectivity index (χ1n) is 13.2. The number of fused-ring (bicyclic) bond motifs is 7. The number of hydrogen-bond acceptors (Lipinski definition) is 0. The lowest BCUT2D eigenvalue weighted by Gasteiger charge is -2.17. The summed E-state index contributed by atoms with van der Waals surface area (Å²) in [6, 6.07) is 53.4. The van der Waals surface area contributed by atoms with Crippen molar-refractivity contribution < 1.29 is 0 Å². The van der Waals surface area contributed by atoms with E-state index in [1.165, 1.54) is 76.1 Å². The van der Waals surface area contributed by atoms with Gasteiger partial charge in [-0.05, 0) is 100 Å². The average Bonchev–Trinajstić information content (AvgIpc) is 3.00. The van der Waals surface area contributed by atoms with Gasteiger partial charge in [0.15, 0.2) is 0 Å². The number of hydrogen-bond donors (Lipinski definition) is 0. The standard InChI is InChI=1S/C38H24/c1-6-16-31-25(11-1)21-28(36-22-26-12-2-4-14-29(26)32-17-7-9-19-34(32)36)24-37(31)38-23-27-13-3-5-15-30(27)33-18-8-10-20-35(33)38/h1-24H. The Morgan fingerprint density at radius 3 is 1.18 bits per heavy atom. The third kappa shape index (κ3) is 3.17. The summed E-state index contributed by atoms with van der Waals surface area (Å²) in [5.74, 6) is 0. The molecule has 8 aromatic rings. The van der Waals surface area contributed by atoms with Gasteiger partial charge in [-0.15, -0.1) is 0 Å². The zero-order chi connectivity index (χ0) is 25.1. The van der Waals surface area contributed by atoms with Gasteiger partial charge in [0.2, 0.25) is 0 Å². The lowest BCUT2D eigenvalue weighted by atomic mass is 9.87.